The first kappa shape index (κ1) is 25.7. The zero-order valence-corrected chi connectivity index (χ0v) is 19.9. The SMILES string of the molecule is CCNC(=NCC(C)(C)c1cccc(F)c1)NCCNC(=O)c1ccc(O)cc1.I. The number of carbonyl (C=O) groups excluding carboxylic acids is 1. The third-order valence-electron chi connectivity index (χ3n) is 4.42. The minimum atomic E-state index is -0.322. The van der Waals surface area contributed by atoms with Gasteiger partial charge >= 0.3 is 0 Å². The van der Waals surface area contributed by atoms with E-state index in [1.54, 1.807) is 18.2 Å². The maximum atomic E-state index is 13.5. The molecule has 0 fully saturated rings. The Balaban J connectivity index is 0.00000450. The van der Waals surface area contributed by atoms with Gasteiger partial charge in [-0.3, -0.25) is 9.79 Å². The van der Waals surface area contributed by atoms with Gasteiger partial charge in [-0.15, -0.1) is 24.0 Å². The lowest BCUT2D eigenvalue weighted by atomic mass is 9.85. The number of halogens is 2. The Bertz CT molecular complexity index is 841. The van der Waals surface area contributed by atoms with Crippen molar-refractivity contribution in [3.63, 3.8) is 0 Å². The van der Waals surface area contributed by atoms with E-state index >= 15 is 0 Å². The summed E-state index contributed by atoms with van der Waals surface area (Å²) in [7, 11) is 0. The minimum absolute atomic E-state index is 0. The first-order chi connectivity index (χ1) is 13.8. The second-order valence-electron chi connectivity index (χ2n) is 7.32. The van der Waals surface area contributed by atoms with E-state index in [0.717, 1.165) is 5.56 Å². The third kappa shape index (κ3) is 8.17. The number of nitrogens with one attached hydrogen (secondary N) is 3. The van der Waals surface area contributed by atoms with E-state index in [9.17, 15) is 14.3 Å². The molecule has 0 radical (unpaired) electrons. The van der Waals surface area contributed by atoms with Crippen molar-refractivity contribution < 1.29 is 14.3 Å². The number of hydrogen-bond acceptors (Lipinski definition) is 3. The number of rotatable bonds is 8. The van der Waals surface area contributed by atoms with Crippen LogP contribution in [0, 0.1) is 5.82 Å². The molecule has 0 saturated heterocycles. The summed E-state index contributed by atoms with van der Waals surface area (Å²) in [5, 5.41) is 18.4. The molecule has 0 aliphatic rings. The first-order valence-electron chi connectivity index (χ1n) is 9.67. The summed E-state index contributed by atoms with van der Waals surface area (Å²) >= 11 is 0. The van der Waals surface area contributed by atoms with Crippen LogP contribution in [0.1, 0.15) is 36.7 Å². The van der Waals surface area contributed by atoms with Gasteiger partial charge in [-0.05, 0) is 48.9 Å². The Morgan fingerprint density at radius 2 is 1.73 bits per heavy atom. The largest absolute Gasteiger partial charge is 0.508 e. The number of nitrogens with zero attached hydrogens (tertiary/aromatic N) is 1. The number of guanidine groups is 1. The van der Waals surface area contributed by atoms with Crippen molar-refractivity contribution in [2.24, 2.45) is 4.99 Å². The zero-order chi connectivity index (χ0) is 21.3. The summed E-state index contributed by atoms with van der Waals surface area (Å²) in [6.45, 7) is 8.10. The highest BCUT2D eigenvalue weighted by Gasteiger charge is 2.21. The molecule has 8 heteroatoms. The van der Waals surface area contributed by atoms with Crippen molar-refractivity contribution in [2.45, 2.75) is 26.2 Å². The number of carbonyl (C=O) groups is 1. The molecule has 6 nitrogen and oxygen atoms in total. The van der Waals surface area contributed by atoms with Crippen LogP contribution in [0.2, 0.25) is 0 Å². The lowest BCUT2D eigenvalue weighted by Gasteiger charge is -2.24. The number of phenolic OH excluding ortho intramolecular Hbond substituents is 1. The van der Waals surface area contributed by atoms with Crippen molar-refractivity contribution in [1.29, 1.82) is 0 Å². The molecule has 0 aliphatic heterocycles. The molecule has 0 bridgehead atoms. The fraction of sp³-hybridized carbons (Fsp3) is 0.364. The van der Waals surface area contributed by atoms with Gasteiger partial charge in [-0.1, -0.05) is 26.0 Å². The first-order valence-corrected chi connectivity index (χ1v) is 9.67. The molecule has 164 valence electrons. The molecule has 0 unspecified atom stereocenters. The minimum Gasteiger partial charge on any atom is -0.508 e. The van der Waals surface area contributed by atoms with Crippen LogP contribution in [0.15, 0.2) is 53.5 Å². The lowest BCUT2D eigenvalue weighted by molar-refractivity contribution is 0.0954. The van der Waals surface area contributed by atoms with Crippen LogP contribution in [-0.4, -0.2) is 43.2 Å². The Hall–Kier alpha value is -2.36. The molecule has 0 aliphatic carbocycles. The third-order valence-corrected chi connectivity index (χ3v) is 4.42. The fourth-order valence-corrected chi connectivity index (χ4v) is 2.69. The second-order valence-corrected chi connectivity index (χ2v) is 7.32. The molecule has 0 aromatic heterocycles. The van der Waals surface area contributed by atoms with Gasteiger partial charge < -0.3 is 21.1 Å². The normalized spacial score (nSPS) is 11.4. The molecule has 1 amide bonds. The molecule has 0 saturated carbocycles. The fourth-order valence-electron chi connectivity index (χ4n) is 2.69. The molecular weight excluding hydrogens is 498 g/mol. The van der Waals surface area contributed by atoms with E-state index in [0.29, 0.717) is 37.7 Å². The maximum absolute atomic E-state index is 13.5. The number of hydrogen-bond donors (Lipinski definition) is 4. The van der Waals surface area contributed by atoms with Gasteiger partial charge in [0.25, 0.3) is 5.91 Å². The standard InChI is InChI=1S/C22H29FN4O2.HI/c1-4-24-21(27-15-22(2,3)17-6-5-7-18(23)14-17)26-13-12-25-20(29)16-8-10-19(28)11-9-16;/h5-11,14,28H,4,12-13,15H2,1-3H3,(H,25,29)(H2,24,26,27);1H. The summed E-state index contributed by atoms with van der Waals surface area (Å²) < 4.78 is 13.5. The highest BCUT2D eigenvalue weighted by Crippen LogP contribution is 2.24. The maximum Gasteiger partial charge on any atom is 0.251 e. The summed E-state index contributed by atoms with van der Waals surface area (Å²) in [6, 6.07) is 12.7. The molecule has 0 atom stereocenters. The summed E-state index contributed by atoms with van der Waals surface area (Å²) in [5.41, 5.74) is 1.05. The van der Waals surface area contributed by atoms with Crippen LogP contribution in [0.3, 0.4) is 0 Å². The molecule has 2 aromatic rings. The molecule has 0 spiro atoms. The molecule has 0 heterocycles. The number of aliphatic imine (C=N–C) groups is 1. The number of aromatic hydroxyl groups is 1. The van der Waals surface area contributed by atoms with Crippen LogP contribution in [-0.2, 0) is 5.41 Å². The Morgan fingerprint density at radius 1 is 1.07 bits per heavy atom. The monoisotopic (exact) mass is 528 g/mol. The van der Waals surface area contributed by atoms with E-state index in [1.807, 2.05) is 26.8 Å². The van der Waals surface area contributed by atoms with Crippen LogP contribution in [0.5, 0.6) is 5.75 Å². The van der Waals surface area contributed by atoms with Crippen molar-refractivity contribution in [3.05, 3.63) is 65.5 Å². The lowest BCUT2D eigenvalue weighted by Crippen LogP contribution is -2.42. The summed E-state index contributed by atoms with van der Waals surface area (Å²) in [4.78, 5) is 16.7. The van der Waals surface area contributed by atoms with Gasteiger partial charge in [0.2, 0.25) is 0 Å². The number of amides is 1. The zero-order valence-electron chi connectivity index (χ0n) is 17.5. The van der Waals surface area contributed by atoms with E-state index in [4.69, 9.17) is 0 Å². The van der Waals surface area contributed by atoms with Crippen LogP contribution < -0.4 is 16.0 Å². The van der Waals surface area contributed by atoms with Crippen LogP contribution in [0.4, 0.5) is 4.39 Å². The van der Waals surface area contributed by atoms with E-state index in [2.05, 4.69) is 20.9 Å². The van der Waals surface area contributed by atoms with Gasteiger partial charge in [0.05, 0.1) is 6.54 Å². The van der Waals surface area contributed by atoms with Gasteiger partial charge in [-0.2, -0.15) is 0 Å². The highest BCUT2D eigenvalue weighted by atomic mass is 127. The van der Waals surface area contributed by atoms with Gasteiger partial charge in [-0.25, -0.2) is 4.39 Å². The Morgan fingerprint density at radius 3 is 2.37 bits per heavy atom. The summed E-state index contributed by atoms with van der Waals surface area (Å²) in [6.07, 6.45) is 0. The van der Waals surface area contributed by atoms with E-state index < -0.39 is 0 Å². The highest BCUT2D eigenvalue weighted by molar-refractivity contribution is 14.0. The Labute approximate surface area is 194 Å². The van der Waals surface area contributed by atoms with Crippen molar-refractivity contribution in [2.75, 3.05) is 26.2 Å². The van der Waals surface area contributed by atoms with Gasteiger partial charge in [0.15, 0.2) is 5.96 Å². The Kier molecular flexibility index (Phi) is 10.6. The number of phenols is 1. The predicted octanol–water partition coefficient (Wildman–Crippen LogP) is 3.41. The number of benzene rings is 2. The van der Waals surface area contributed by atoms with Crippen molar-refractivity contribution >= 4 is 35.8 Å². The smallest absolute Gasteiger partial charge is 0.251 e. The predicted molar refractivity (Wildman–Crippen MR) is 129 cm³/mol. The second kappa shape index (κ2) is 12.4. The molecule has 4 N–H and O–H groups in total. The van der Waals surface area contributed by atoms with E-state index in [-0.39, 0.29) is 46.9 Å². The van der Waals surface area contributed by atoms with Crippen molar-refractivity contribution in [1.82, 2.24) is 16.0 Å². The van der Waals surface area contributed by atoms with Crippen LogP contribution in [0.25, 0.3) is 0 Å². The van der Waals surface area contributed by atoms with Gasteiger partial charge in [0.1, 0.15) is 11.6 Å². The molecule has 2 aromatic carbocycles. The van der Waals surface area contributed by atoms with Crippen LogP contribution >= 0.6 is 24.0 Å². The van der Waals surface area contributed by atoms with Crippen molar-refractivity contribution in [3.8, 4) is 5.75 Å². The molecule has 30 heavy (non-hydrogen) atoms. The quantitative estimate of drug-likeness (QED) is 0.183. The average Bonchev–Trinajstić information content (AvgIpc) is 2.69. The topological polar surface area (TPSA) is 85.8 Å². The summed E-state index contributed by atoms with van der Waals surface area (Å²) in [5.74, 6) is 0.293. The molecular formula is C22H30FIN4O2. The van der Waals surface area contributed by atoms with E-state index in [1.165, 1.54) is 24.3 Å². The van der Waals surface area contributed by atoms with Gasteiger partial charge in [0, 0.05) is 30.6 Å². The molecule has 2 rings (SSSR count). The average molecular weight is 528 g/mol.